The SMILES string of the molecule is CCO[CH](C)[Al+2].[Cl-].[Cl-]. The molecule has 0 spiro atoms. The van der Waals surface area contributed by atoms with Crippen LogP contribution in [-0.2, 0) is 4.74 Å². The van der Waals surface area contributed by atoms with Crippen molar-refractivity contribution >= 4 is 16.3 Å². The summed E-state index contributed by atoms with van der Waals surface area (Å²) in [5.74, 6) is 0. The zero-order valence-electron chi connectivity index (χ0n) is 5.03. The molecule has 0 aliphatic carbocycles. The van der Waals surface area contributed by atoms with Crippen molar-refractivity contribution in [3.63, 3.8) is 0 Å². The number of hydrogen-bond acceptors (Lipinski definition) is 1. The van der Waals surface area contributed by atoms with Crippen LogP contribution in [0.4, 0.5) is 0 Å². The van der Waals surface area contributed by atoms with Gasteiger partial charge in [-0.25, -0.2) is 0 Å². The van der Waals surface area contributed by atoms with Crippen LogP contribution < -0.4 is 24.8 Å². The van der Waals surface area contributed by atoms with Gasteiger partial charge in [0.2, 0.25) is 0 Å². The maximum atomic E-state index is 5.00. The molecule has 0 aliphatic rings. The van der Waals surface area contributed by atoms with Crippen molar-refractivity contribution in [2.75, 3.05) is 6.61 Å². The van der Waals surface area contributed by atoms with Crippen LogP contribution in [0.25, 0.3) is 0 Å². The average molecular weight is 171 g/mol. The van der Waals surface area contributed by atoms with Crippen molar-refractivity contribution in [3.8, 4) is 0 Å². The summed E-state index contributed by atoms with van der Waals surface area (Å²) in [5, 5.41) is 0. The van der Waals surface area contributed by atoms with Crippen LogP contribution in [0.5, 0.6) is 0 Å². The van der Waals surface area contributed by atoms with Gasteiger partial charge in [0.15, 0.2) is 0 Å². The largest absolute Gasteiger partial charge is 1.00 e. The predicted molar refractivity (Wildman–Crippen MR) is 26.8 cm³/mol. The van der Waals surface area contributed by atoms with Crippen LogP contribution in [0.1, 0.15) is 13.8 Å². The minimum Gasteiger partial charge on any atom is -1.00 e. The van der Waals surface area contributed by atoms with E-state index in [0.29, 0.717) is 4.97 Å². The molecular formula is C4H9AlCl2O. The fraction of sp³-hybridized carbons (Fsp3) is 1.00. The van der Waals surface area contributed by atoms with Gasteiger partial charge in [-0.3, -0.25) is 0 Å². The summed E-state index contributed by atoms with van der Waals surface area (Å²) in [7, 11) is 0. The smallest absolute Gasteiger partial charge is 1.00 e. The first-order valence-electron chi connectivity index (χ1n) is 2.14. The summed E-state index contributed by atoms with van der Waals surface area (Å²) >= 11 is 2.56. The second kappa shape index (κ2) is 11.0. The van der Waals surface area contributed by atoms with Crippen molar-refractivity contribution < 1.29 is 29.6 Å². The van der Waals surface area contributed by atoms with Gasteiger partial charge < -0.3 is 24.8 Å². The van der Waals surface area contributed by atoms with Crippen molar-refractivity contribution in [2.24, 2.45) is 0 Å². The molecule has 4 heteroatoms. The van der Waals surface area contributed by atoms with Crippen LogP contribution >= 0.6 is 0 Å². The fourth-order valence-electron chi connectivity index (χ4n) is 0.263. The van der Waals surface area contributed by atoms with Crippen LogP contribution in [-0.4, -0.2) is 27.9 Å². The molecule has 0 bridgehead atoms. The molecule has 0 amide bonds. The van der Waals surface area contributed by atoms with Gasteiger partial charge in [-0.1, -0.05) is 0 Å². The predicted octanol–water partition coefficient (Wildman–Crippen LogP) is -5.45. The van der Waals surface area contributed by atoms with Crippen LogP contribution in [0, 0.1) is 0 Å². The van der Waals surface area contributed by atoms with Gasteiger partial charge >= 0.3 is 46.4 Å². The Morgan fingerprint density at radius 1 is 1.50 bits per heavy atom. The van der Waals surface area contributed by atoms with E-state index in [4.69, 9.17) is 4.74 Å². The van der Waals surface area contributed by atoms with Crippen LogP contribution in [0.3, 0.4) is 0 Å². The average Bonchev–Trinajstić information content (AvgIpc) is 1.35. The molecular weight excluding hydrogens is 162 g/mol. The van der Waals surface area contributed by atoms with Gasteiger partial charge in [-0.15, -0.1) is 0 Å². The molecule has 0 heterocycles. The normalized spacial score (nSPS) is 11.0. The minimum absolute atomic E-state index is 0. The van der Waals surface area contributed by atoms with E-state index in [9.17, 15) is 0 Å². The second-order valence-electron chi connectivity index (χ2n) is 1.16. The Hall–Kier alpha value is 1.07. The summed E-state index contributed by atoms with van der Waals surface area (Å²) in [6, 6.07) is 0. The van der Waals surface area contributed by atoms with E-state index in [-0.39, 0.29) is 24.8 Å². The topological polar surface area (TPSA) is 9.23 Å². The first-order valence-corrected chi connectivity index (χ1v) is 2.81. The molecule has 0 aromatic rings. The molecule has 1 atom stereocenters. The zero-order chi connectivity index (χ0) is 4.99. The molecule has 48 valence electrons. The second-order valence-corrected chi connectivity index (χ2v) is 2.10. The van der Waals surface area contributed by atoms with Crippen molar-refractivity contribution in [1.29, 1.82) is 0 Å². The van der Waals surface area contributed by atoms with Gasteiger partial charge in [0.05, 0.1) is 0 Å². The summed E-state index contributed by atoms with van der Waals surface area (Å²) in [6.45, 7) is 4.79. The molecule has 0 rings (SSSR count). The molecule has 0 radical (unpaired) electrons. The Bertz CT molecular complexity index is 35.2. The van der Waals surface area contributed by atoms with Gasteiger partial charge in [-0.05, 0) is 0 Å². The van der Waals surface area contributed by atoms with E-state index in [1.165, 1.54) is 0 Å². The molecule has 1 unspecified atom stereocenters. The third-order valence-corrected chi connectivity index (χ3v) is 0.622. The molecule has 0 N–H and O–H groups in total. The third-order valence-electron chi connectivity index (χ3n) is 0.430. The number of ether oxygens (including phenoxy) is 1. The first-order chi connectivity index (χ1) is 2.77. The van der Waals surface area contributed by atoms with Crippen LogP contribution in [0.15, 0.2) is 0 Å². The maximum Gasteiger partial charge on any atom is -1.00 e. The van der Waals surface area contributed by atoms with E-state index in [2.05, 4.69) is 16.3 Å². The summed E-state index contributed by atoms with van der Waals surface area (Å²) < 4.78 is 5.00. The first kappa shape index (κ1) is 16.0. The summed E-state index contributed by atoms with van der Waals surface area (Å²) in [5.41, 5.74) is 0. The molecule has 0 aliphatic heterocycles. The molecule has 0 aromatic carbocycles. The molecule has 0 aromatic heterocycles. The van der Waals surface area contributed by atoms with Crippen molar-refractivity contribution in [2.45, 2.75) is 18.8 Å². The van der Waals surface area contributed by atoms with Crippen molar-refractivity contribution in [1.82, 2.24) is 0 Å². The number of hydrogen-bond donors (Lipinski definition) is 0. The maximum absolute atomic E-state index is 5.00. The van der Waals surface area contributed by atoms with E-state index < -0.39 is 0 Å². The Balaban J connectivity index is -0.000000125. The summed E-state index contributed by atoms with van der Waals surface area (Å²) in [6.07, 6.45) is 0. The Labute approximate surface area is 71.4 Å². The molecule has 0 fully saturated rings. The van der Waals surface area contributed by atoms with Gasteiger partial charge in [0.25, 0.3) is 0 Å². The molecule has 1 nitrogen and oxygen atoms in total. The minimum atomic E-state index is 0. The van der Waals surface area contributed by atoms with Gasteiger partial charge in [0.1, 0.15) is 0 Å². The Morgan fingerprint density at radius 3 is 1.88 bits per heavy atom. The van der Waals surface area contributed by atoms with Crippen LogP contribution in [0.2, 0.25) is 0 Å². The quantitative estimate of drug-likeness (QED) is 0.377. The van der Waals surface area contributed by atoms with E-state index in [1.807, 2.05) is 13.8 Å². The van der Waals surface area contributed by atoms with Gasteiger partial charge in [0, 0.05) is 0 Å². The fourth-order valence-corrected chi connectivity index (χ4v) is 0.455. The van der Waals surface area contributed by atoms with E-state index in [0.717, 1.165) is 6.61 Å². The summed E-state index contributed by atoms with van der Waals surface area (Å²) in [4.78, 5) is 0.315. The van der Waals surface area contributed by atoms with Gasteiger partial charge in [-0.2, -0.15) is 0 Å². The Morgan fingerprint density at radius 2 is 1.88 bits per heavy atom. The monoisotopic (exact) mass is 170 g/mol. The zero-order valence-corrected chi connectivity index (χ0v) is 7.69. The molecule has 0 saturated heterocycles. The third kappa shape index (κ3) is 15.7. The van der Waals surface area contributed by atoms with E-state index in [1.54, 1.807) is 0 Å². The molecule has 0 saturated carbocycles. The number of halogens is 2. The van der Waals surface area contributed by atoms with E-state index >= 15 is 0 Å². The molecule has 8 heavy (non-hydrogen) atoms. The number of rotatable bonds is 2. The standard InChI is InChI=1S/C4H9O.Al.2ClH/c1-3-5-4-2;;;/h3H,4H2,1-2H3;;2*1H/q;+2;;/p-2. The van der Waals surface area contributed by atoms with Crippen molar-refractivity contribution in [3.05, 3.63) is 0 Å². The Kier molecular flexibility index (Phi) is 21.9.